The first-order valence-electron chi connectivity index (χ1n) is 7.29. The topological polar surface area (TPSA) is 95.7 Å². The van der Waals surface area contributed by atoms with Gasteiger partial charge in [-0.05, 0) is 36.2 Å². The molecule has 0 aliphatic carbocycles. The number of ether oxygens (including phenoxy) is 2. The number of rotatable bonds is 6. The van der Waals surface area contributed by atoms with Crippen LogP contribution in [0.4, 0.5) is 0 Å². The largest absolute Gasteiger partial charge is 0.425 e. The number of ketones is 1. The zero-order valence-electron chi connectivity index (χ0n) is 13.1. The molecule has 2 N–H and O–H groups in total. The van der Waals surface area contributed by atoms with Gasteiger partial charge in [-0.2, -0.15) is 0 Å². The summed E-state index contributed by atoms with van der Waals surface area (Å²) in [5, 5.41) is 0. The number of hydrogen-bond acceptors (Lipinski definition) is 6. The van der Waals surface area contributed by atoms with Crippen LogP contribution in [0.15, 0.2) is 54.6 Å². The van der Waals surface area contributed by atoms with Crippen molar-refractivity contribution in [2.75, 3.05) is 0 Å². The summed E-state index contributed by atoms with van der Waals surface area (Å²) in [5.41, 5.74) is 6.78. The van der Waals surface area contributed by atoms with Crippen molar-refractivity contribution in [3.05, 3.63) is 60.2 Å². The quantitative estimate of drug-likeness (QED) is 0.492. The Hall–Kier alpha value is -2.99. The number of carbonyl (C=O) groups excluding carboxylic acids is 3. The van der Waals surface area contributed by atoms with E-state index in [9.17, 15) is 14.4 Å². The van der Waals surface area contributed by atoms with Crippen LogP contribution < -0.4 is 15.2 Å². The molecular formula is C18H17NO5. The van der Waals surface area contributed by atoms with Gasteiger partial charge in [0.25, 0.3) is 0 Å². The lowest BCUT2D eigenvalue weighted by atomic mass is 10.1. The molecule has 2 rings (SSSR count). The lowest BCUT2D eigenvalue weighted by Crippen LogP contribution is -2.36. The van der Waals surface area contributed by atoms with E-state index in [2.05, 4.69) is 0 Å². The van der Waals surface area contributed by atoms with E-state index in [1.165, 1.54) is 24.3 Å². The van der Waals surface area contributed by atoms with Crippen LogP contribution in [-0.2, 0) is 20.8 Å². The molecule has 124 valence electrons. The second kappa shape index (κ2) is 8.03. The van der Waals surface area contributed by atoms with Crippen molar-refractivity contribution in [1.82, 2.24) is 0 Å². The average molecular weight is 327 g/mol. The normalized spacial score (nSPS) is 11.4. The third-order valence-corrected chi connectivity index (χ3v) is 3.14. The Balaban J connectivity index is 1.91. The summed E-state index contributed by atoms with van der Waals surface area (Å²) >= 11 is 0. The minimum absolute atomic E-state index is 0.184. The van der Waals surface area contributed by atoms with Gasteiger partial charge in [0.2, 0.25) is 5.78 Å². The van der Waals surface area contributed by atoms with Crippen molar-refractivity contribution in [2.45, 2.75) is 19.4 Å². The van der Waals surface area contributed by atoms with Crippen LogP contribution in [-0.4, -0.2) is 23.8 Å². The Morgan fingerprint density at radius 3 is 2.00 bits per heavy atom. The van der Waals surface area contributed by atoms with Crippen LogP contribution in [0.2, 0.25) is 0 Å². The van der Waals surface area contributed by atoms with Gasteiger partial charge in [0, 0.05) is 6.92 Å². The third kappa shape index (κ3) is 5.03. The van der Waals surface area contributed by atoms with Gasteiger partial charge in [0.05, 0.1) is 0 Å². The maximum atomic E-state index is 12.0. The fourth-order valence-corrected chi connectivity index (χ4v) is 1.90. The number of nitrogens with two attached hydrogens (primary N) is 1. The van der Waals surface area contributed by atoms with Crippen molar-refractivity contribution in [3.8, 4) is 11.5 Å². The van der Waals surface area contributed by atoms with Gasteiger partial charge in [0.1, 0.15) is 17.5 Å². The fraction of sp³-hybridized carbons (Fsp3) is 0.167. The predicted octanol–water partition coefficient (Wildman–Crippen LogP) is 1.66. The highest BCUT2D eigenvalue weighted by Gasteiger charge is 2.17. The van der Waals surface area contributed by atoms with Crippen LogP contribution >= 0.6 is 0 Å². The van der Waals surface area contributed by atoms with Crippen LogP contribution in [0.1, 0.15) is 12.5 Å². The summed E-state index contributed by atoms with van der Waals surface area (Å²) in [5.74, 6) is -1.76. The SMILES string of the molecule is CC(=O)C(=O)Oc1ccc(OC(=O)[C@@H](N)Cc2ccccc2)cc1. The Bertz CT molecular complexity index is 725. The summed E-state index contributed by atoms with van der Waals surface area (Å²) in [6.45, 7) is 1.12. The lowest BCUT2D eigenvalue weighted by molar-refractivity contribution is -0.146. The molecule has 24 heavy (non-hydrogen) atoms. The highest BCUT2D eigenvalue weighted by atomic mass is 16.5. The van der Waals surface area contributed by atoms with Crippen LogP contribution in [0, 0.1) is 0 Å². The maximum absolute atomic E-state index is 12.0. The lowest BCUT2D eigenvalue weighted by Gasteiger charge is -2.11. The summed E-state index contributed by atoms with van der Waals surface area (Å²) in [4.78, 5) is 34.0. The van der Waals surface area contributed by atoms with E-state index in [0.717, 1.165) is 12.5 Å². The van der Waals surface area contributed by atoms with Crippen LogP contribution in [0.5, 0.6) is 11.5 Å². The molecule has 0 bridgehead atoms. The molecule has 0 unspecified atom stereocenters. The van der Waals surface area contributed by atoms with Crippen molar-refractivity contribution in [2.24, 2.45) is 5.73 Å². The molecule has 0 saturated carbocycles. The zero-order valence-corrected chi connectivity index (χ0v) is 13.1. The second-order valence-corrected chi connectivity index (χ2v) is 5.13. The molecule has 1 atom stereocenters. The number of carbonyl (C=O) groups is 3. The Kier molecular flexibility index (Phi) is 5.81. The van der Waals surface area contributed by atoms with E-state index in [0.29, 0.717) is 6.42 Å². The highest BCUT2D eigenvalue weighted by Crippen LogP contribution is 2.18. The summed E-state index contributed by atoms with van der Waals surface area (Å²) in [6, 6.07) is 14.3. The molecule has 0 amide bonds. The van der Waals surface area contributed by atoms with Gasteiger partial charge in [-0.1, -0.05) is 30.3 Å². The standard InChI is InChI=1S/C18H17NO5/c1-12(20)17(21)23-14-7-9-15(10-8-14)24-18(22)16(19)11-13-5-3-2-4-6-13/h2-10,16H,11,19H2,1H3/t16-/m0/s1. The van der Waals surface area contributed by atoms with Gasteiger partial charge in [-0.3, -0.25) is 4.79 Å². The molecule has 0 spiro atoms. The maximum Gasteiger partial charge on any atom is 0.379 e. The average Bonchev–Trinajstić information content (AvgIpc) is 2.57. The van der Waals surface area contributed by atoms with Gasteiger partial charge >= 0.3 is 11.9 Å². The number of benzene rings is 2. The molecule has 0 fully saturated rings. The van der Waals surface area contributed by atoms with E-state index in [1.54, 1.807) is 0 Å². The minimum Gasteiger partial charge on any atom is -0.425 e. The smallest absolute Gasteiger partial charge is 0.379 e. The molecular weight excluding hydrogens is 310 g/mol. The van der Waals surface area contributed by atoms with E-state index in [-0.39, 0.29) is 11.5 Å². The number of esters is 2. The molecule has 6 nitrogen and oxygen atoms in total. The summed E-state index contributed by atoms with van der Waals surface area (Å²) in [7, 11) is 0. The molecule has 2 aromatic carbocycles. The van der Waals surface area contributed by atoms with Crippen molar-refractivity contribution >= 4 is 17.7 Å². The zero-order chi connectivity index (χ0) is 17.5. The van der Waals surface area contributed by atoms with E-state index >= 15 is 0 Å². The predicted molar refractivity (Wildman–Crippen MR) is 86.5 cm³/mol. The number of hydrogen-bond donors (Lipinski definition) is 1. The summed E-state index contributed by atoms with van der Waals surface area (Å²) < 4.78 is 9.99. The van der Waals surface area contributed by atoms with E-state index in [4.69, 9.17) is 15.2 Å². The molecule has 0 aliphatic heterocycles. The van der Waals surface area contributed by atoms with E-state index < -0.39 is 23.8 Å². The molecule has 0 aromatic heterocycles. The van der Waals surface area contributed by atoms with Crippen LogP contribution in [0.25, 0.3) is 0 Å². The Morgan fingerprint density at radius 2 is 1.46 bits per heavy atom. The minimum atomic E-state index is -0.954. The van der Waals surface area contributed by atoms with Crippen molar-refractivity contribution in [1.29, 1.82) is 0 Å². The molecule has 0 aliphatic rings. The monoisotopic (exact) mass is 327 g/mol. The molecule has 0 saturated heterocycles. The molecule has 6 heteroatoms. The second-order valence-electron chi connectivity index (χ2n) is 5.13. The fourth-order valence-electron chi connectivity index (χ4n) is 1.90. The van der Waals surface area contributed by atoms with Crippen molar-refractivity contribution < 1.29 is 23.9 Å². The first-order chi connectivity index (χ1) is 11.5. The highest BCUT2D eigenvalue weighted by molar-refractivity contribution is 6.33. The van der Waals surface area contributed by atoms with Gasteiger partial charge in [-0.25, -0.2) is 9.59 Å². The third-order valence-electron chi connectivity index (χ3n) is 3.14. The number of Topliss-reactive ketones (excluding diaryl/α,β-unsaturated/α-hetero) is 1. The first-order valence-corrected chi connectivity index (χ1v) is 7.29. The van der Waals surface area contributed by atoms with Crippen LogP contribution in [0.3, 0.4) is 0 Å². The van der Waals surface area contributed by atoms with Gasteiger partial charge in [0.15, 0.2) is 0 Å². The molecule has 0 radical (unpaired) electrons. The Morgan fingerprint density at radius 1 is 0.917 bits per heavy atom. The van der Waals surface area contributed by atoms with E-state index in [1.807, 2.05) is 30.3 Å². The van der Waals surface area contributed by atoms with Crippen molar-refractivity contribution in [3.63, 3.8) is 0 Å². The molecule has 0 heterocycles. The van der Waals surface area contributed by atoms with Gasteiger partial charge < -0.3 is 15.2 Å². The van der Waals surface area contributed by atoms with Gasteiger partial charge in [-0.15, -0.1) is 0 Å². The summed E-state index contributed by atoms with van der Waals surface area (Å²) in [6.07, 6.45) is 0.369. The molecule has 2 aromatic rings. The first kappa shape index (κ1) is 17.4. The Labute approximate surface area is 139 Å².